The number of rotatable bonds is 4. The second kappa shape index (κ2) is 9.72. The van der Waals surface area contributed by atoms with Gasteiger partial charge in [0.2, 0.25) is 5.88 Å². The van der Waals surface area contributed by atoms with E-state index < -0.39 is 11.9 Å². The second-order valence-corrected chi connectivity index (χ2v) is 8.86. The lowest BCUT2D eigenvalue weighted by Gasteiger charge is -2.26. The highest BCUT2D eigenvalue weighted by Crippen LogP contribution is 2.43. The molecular weight excluding hydrogens is 527 g/mol. The van der Waals surface area contributed by atoms with Gasteiger partial charge in [-0.1, -0.05) is 63.4 Å². The predicted molar refractivity (Wildman–Crippen MR) is 131 cm³/mol. The van der Waals surface area contributed by atoms with Gasteiger partial charge in [-0.05, 0) is 47.5 Å². The number of nitriles is 1. The Morgan fingerprint density at radius 2 is 1.97 bits per heavy atom. The Morgan fingerprint density at radius 1 is 1.15 bits per heavy atom. The normalized spacial score (nSPS) is 15.0. The summed E-state index contributed by atoms with van der Waals surface area (Å²) >= 11 is 15.5. The first kappa shape index (κ1) is 22.9. The Morgan fingerprint density at radius 3 is 2.70 bits per heavy atom. The zero-order valence-electron chi connectivity index (χ0n) is 16.9. The van der Waals surface area contributed by atoms with Crippen LogP contribution in [-0.2, 0) is 4.79 Å². The maximum Gasteiger partial charge on any atom is 0.336 e. The van der Waals surface area contributed by atoms with Crippen molar-refractivity contribution in [3.63, 3.8) is 0 Å². The smallest absolute Gasteiger partial charge is 0.336 e. The highest BCUT2D eigenvalue weighted by molar-refractivity contribution is 9.10. The Kier molecular flexibility index (Phi) is 6.75. The van der Waals surface area contributed by atoms with Crippen molar-refractivity contribution in [3.8, 4) is 17.6 Å². The van der Waals surface area contributed by atoms with Crippen LogP contribution < -0.4 is 15.2 Å². The minimum Gasteiger partial charge on any atom is -0.440 e. The van der Waals surface area contributed by atoms with Crippen LogP contribution in [0.25, 0.3) is 6.08 Å². The third-order valence-electron chi connectivity index (χ3n) is 4.95. The molecule has 1 aliphatic heterocycles. The maximum atomic E-state index is 12.3. The van der Waals surface area contributed by atoms with Gasteiger partial charge in [0, 0.05) is 32.2 Å². The third kappa shape index (κ3) is 5.07. The van der Waals surface area contributed by atoms with E-state index in [-0.39, 0.29) is 11.6 Å². The lowest BCUT2D eigenvalue weighted by molar-refractivity contribution is -0.128. The molecule has 1 heterocycles. The number of esters is 1. The van der Waals surface area contributed by atoms with Gasteiger partial charge in [-0.15, -0.1) is 0 Å². The number of hydrogen-bond acceptors (Lipinski definition) is 5. The van der Waals surface area contributed by atoms with E-state index in [0.717, 1.165) is 15.6 Å². The van der Waals surface area contributed by atoms with E-state index >= 15 is 0 Å². The van der Waals surface area contributed by atoms with Crippen LogP contribution in [0.1, 0.15) is 22.6 Å². The van der Waals surface area contributed by atoms with Crippen LogP contribution in [0.5, 0.6) is 11.5 Å². The van der Waals surface area contributed by atoms with E-state index in [0.29, 0.717) is 26.9 Å². The molecule has 0 fully saturated rings. The monoisotopic (exact) mass is 540 g/mol. The molecule has 5 nitrogen and oxygen atoms in total. The fourth-order valence-corrected chi connectivity index (χ4v) is 4.36. The van der Waals surface area contributed by atoms with Crippen molar-refractivity contribution in [1.29, 1.82) is 5.26 Å². The second-order valence-electron chi connectivity index (χ2n) is 7.10. The van der Waals surface area contributed by atoms with Crippen LogP contribution in [-0.4, -0.2) is 5.97 Å². The van der Waals surface area contributed by atoms with Crippen molar-refractivity contribution in [1.82, 2.24) is 0 Å². The summed E-state index contributed by atoms with van der Waals surface area (Å²) in [4.78, 5) is 12.3. The van der Waals surface area contributed by atoms with Gasteiger partial charge < -0.3 is 15.2 Å². The van der Waals surface area contributed by atoms with E-state index in [4.69, 9.17) is 38.4 Å². The molecule has 0 spiro atoms. The summed E-state index contributed by atoms with van der Waals surface area (Å²) < 4.78 is 12.0. The Hall–Kier alpha value is -3.24. The predicted octanol–water partition coefficient (Wildman–Crippen LogP) is 6.59. The Balaban J connectivity index is 1.60. The summed E-state index contributed by atoms with van der Waals surface area (Å²) in [5.74, 6) is -0.316. The maximum absolute atomic E-state index is 12.3. The number of nitrogens with two attached hydrogens (primary N) is 1. The highest BCUT2D eigenvalue weighted by atomic mass is 79.9. The average molecular weight is 542 g/mol. The number of carbonyl (C=O) groups is 1. The zero-order chi connectivity index (χ0) is 23.5. The van der Waals surface area contributed by atoms with Crippen LogP contribution in [0.15, 0.2) is 82.7 Å². The van der Waals surface area contributed by atoms with Gasteiger partial charge in [-0.2, -0.15) is 5.26 Å². The van der Waals surface area contributed by atoms with Gasteiger partial charge in [-0.3, -0.25) is 0 Å². The van der Waals surface area contributed by atoms with Gasteiger partial charge in [0.25, 0.3) is 0 Å². The van der Waals surface area contributed by atoms with E-state index in [1.807, 2.05) is 24.3 Å². The van der Waals surface area contributed by atoms with Crippen LogP contribution in [0.2, 0.25) is 10.0 Å². The largest absolute Gasteiger partial charge is 0.440 e. The van der Waals surface area contributed by atoms with Crippen molar-refractivity contribution < 1.29 is 14.3 Å². The summed E-state index contributed by atoms with van der Waals surface area (Å²) in [5.41, 5.74) is 8.60. The van der Waals surface area contributed by atoms with Crippen molar-refractivity contribution in [2.45, 2.75) is 5.92 Å². The number of allylic oxidation sites excluding steroid dienone is 1. The average Bonchev–Trinajstić information content (AvgIpc) is 2.77. The van der Waals surface area contributed by atoms with Gasteiger partial charge >= 0.3 is 5.97 Å². The number of ether oxygens (including phenoxy) is 2. The quantitative estimate of drug-likeness (QED) is 0.229. The molecule has 3 aromatic rings. The fraction of sp³-hybridized carbons (Fsp3) is 0.0400. The number of benzene rings is 3. The molecule has 1 unspecified atom stereocenters. The summed E-state index contributed by atoms with van der Waals surface area (Å²) in [6.07, 6.45) is 2.81. The Labute approximate surface area is 208 Å². The van der Waals surface area contributed by atoms with Crippen molar-refractivity contribution in [2.75, 3.05) is 0 Å². The molecule has 0 radical (unpaired) electrons. The number of halogens is 3. The Bertz CT molecular complexity index is 1360. The van der Waals surface area contributed by atoms with Crippen LogP contribution in [0, 0.1) is 11.3 Å². The standard InChI is InChI=1S/C25H15BrCl2N2O3/c26-16-3-1-2-15(10-16)24-19-8-7-18(12-22(19)33-25(30)20(24)13-29)32-23(31)9-5-14-4-6-17(27)11-21(14)28/h1-12,24H,30H2/b9-5+. The molecule has 0 aliphatic carbocycles. The van der Waals surface area contributed by atoms with Gasteiger partial charge in [0.1, 0.15) is 23.1 Å². The van der Waals surface area contributed by atoms with Crippen molar-refractivity contribution >= 4 is 51.2 Å². The van der Waals surface area contributed by atoms with Gasteiger partial charge in [0.15, 0.2) is 0 Å². The molecular formula is C25H15BrCl2N2O3. The van der Waals surface area contributed by atoms with Crippen LogP contribution >= 0.6 is 39.1 Å². The summed E-state index contributed by atoms with van der Waals surface area (Å²) in [6, 6.07) is 19.7. The fourth-order valence-electron chi connectivity index (χ4n) is 3.47. The minimum atomic E-state index is -0.596. The zero-order valence-corrected chi connectivity index (χ0v) is 20.0. The molecule has 2 N–H and O–H groups in total. The summed E-state index contributed by atoms with van der Waals surface area (Å²) in [6.45, 7) is 0. The lowest BCUT2D eigenvalue weighted by atomic mass is 9.83. The van der Waals surface area contributed by atoms with Gasteiger partial charge in [0.05, 0.1) is 5.92 Å². The molecule has 3 aromatic carbocycles. The molecule has 8 heteroatoms. The highest BCUT2D eigenvalue weighted by Gasteiger charge is 2.31. The topological polar surface area (TPSA) is 85.3 Å². The van der Waals surface area contributed by atoms with E-state index in [9.17, 15) is 10.1 Å². The minimum absolute atomic E-state index is 0.00993. The van der Waals surface area contributed by atoms with E-state index in [1.54, 1.807) is 42.5 Å². The molecule has 33 heavy (non-hydrogen) atoms. The molecule has 4 rings (SSSR count). The van der Waals surface area contributed by atoms with Crippen LogP contribution in [0.3, 0.4) is 0 Å². The van der Waals surface area contributed by atoms with E-state index in [1.165, 1.54) is 6.08 Å². The molecule has 1 aliphatic rings. The van der Waals surface area contributed by atoms with Gasteiger partial charge in [-0.25, -0.2) is 4.79 Å². The first-order valence-electron chi connectivity index (χ1n) is 9.67. The van der Waals surface area contributed by atoms with Crippen molar-refractivity contribution in [2.24, 2.45) is 5.73 Å². The van der Waals surface area contributed by atoms with E-state index in [2.05, 4.69) is 22.0 Å². The third-order valence-corrected chi connectivity index (χ3v) is 6.01. The molecule has 0 bridgehead atoms. The first-order valence-corrected chi connectivity index (χ1v) is 11.2. The molecule has 0 aromatic heterocycles. The summed E-state index contributed by atoms with van der Waals surface area (Å²) in [7, 11) is 0. The molecule has 1 atom stereocenters. The number of nitrogens with zero attached hydrogens (tertiary/aromatic N) is 1. The number of hydrogen-bond donors (Lipinski definition) is 1. The molecule has 0 saturated carbocycles. The molecule has 0 amide bonds. The van der Waals surface area contributed by atoms with Crippen molar-refractivity contribution in [3.05, 3.63) is 109 Å². The first-order chi connectivity index (χ1) is 15.9. The number of fused-ring (bicyclic) bond motifs is 1. The summed E-state index contributed by atoms with van der Waals surface area (Å²) in [5, 5.41) is 10.6. The molecule has 0 saturated heterocycles. The lowest BCUT2D eigenvalue weighted by Crippen LogP contribution is -2.21. The van der Waals surface area contributed by atoms with Crippen LogP contribution in [0.4, 0.5) is 0 Å². The number of carbonyl (C=O) groups excluding carboxylic acids is 1. The molecule has 164 valence electrons. The SMILES string of the molecule is N#CC1=C(N)Oc2cc(OC(=O)/C=C/c3ccc(Cl)cc3Cl)ccc2C1c1cccc(Br)c1.